The van der Waals surface area contributed by atoms with Crippen molar-refractivity contribution in [3.63, 3.8) is 0 Å². The average molecular weight is 274 g/mol. The molecule has 0 saturated heterocycles. The van der Waals surface area contributed by atoms with E-state index >= 15 is 0 Å². The van der Waals surface area contributed by atoms with Gasteiger partial charge in [-0.05, 0) is 32.4 Å². The van der Waals surface area contributed by atoms with Crippen LogP contribution in [0.4, 0.5) is 18.9 Å². The highest BCUT2D eigenvalue weighted by Gasteiger charge is 2.35. The number of alkyl halides is 3. The zero-order valence-electron chi connectivity index (χ0n) is 11.1. The van der Waals surface area contributed by atoms with Crippen LogP contribution in [0.1, 0.15) is 29.8 Å². The summed E-state index contributed by atoms with van der Waals surface area (Å²) < 4.78 is 37.6. The molecule has 3 nitrogen and oxygen atoms in total. The van der Waals surface area contributed by atoms with E-state index in [2.05, 4.69) is 0 Å². The Kier molecular flexibility index (Phi) is 4.44. The van der Waals surface area contributed by atoms with Crippen molar-refractivity contribution in [2.45, 2.75) is 33.0 Å². The van der Waals surface area contributed by atoms with Gasteiger partial charge in [0, 0.05) is 11.7 Å². The second-order valence-electron chi connectivity index (χ2n) is 4.68. The van der Waals surface area contributed by atoms with Crippen molar-refractivity contribution >= 4 is 11.6 Å². The van der Waals surface area contributed by atoms with E-state index in [0.29, 0.717) is 5.56 Å². The number of nitrogen functional groups attached to an aromatic ring is 1. The minimum Gasteiger partial charge on any atom is -0.398 e. The highest BCUT2D eigenvalue weighted by molar-refractivity contribution is 6.00. The number of nitrogens with zero attached hydrogens (tertiary/aromatic N) is 1. The molecule has 1 rings (SSSR count). The summed E-state index contributed by atoms with van der Waals surface area (Å²) in [6.07, 6.45) is -4.43. The Balaban J connectivity index is 3.14. The SMILES string of the molecule is Cc1cccc(N)c1C(=O)N(CC(F)(F)F)C(C)C. The third-order valence-corrected chi connectivity index (χ3v) is 2.75. The lowest BCUT2D eigenvalue weighted by molar-refractivity contribution is -0.143. The van der Waals surface area contributed by atoms with Gasteiger partial charge in [-0.25, -0.2) is 0 Å². The largest absolute Gasteiger partial charge is 0.406 e. The Morgan fingerprint density at radius 1 is 1.37 bits per heavy atom. The van der Waals surface area contributed by atoms with Crippen LogP contribution in [0.5, 0.6) is 0 Å². The van der Waals surface area contributed by atoms with E-state index in [-0.39, 0.29) is 11.3 Å². The fourth-order valence-corrected chi connectivity index (χ4v) is 1.81. The number of carbonyl (C=O) groups excluding carboxylic acids is 1. The van der Waals surface area contributed by atoms with Crippen molar-refractivity contribution in [3.05, 3.63) is 29.3 Å². The summed E-state index contributed by atoms with van der Waals surface area (Å²) >= 11 is 0. The van der Waals surface area contributed by atoms with Gasteiger partial charge in [-0.2, -0.15) is 13.2 Å². The number of carbonyl (C=O) groups is 1. The Bertz CT molecular complexity index is 449. The molecule has 0 saturated carbocycles. The molecular formula is C13H17F3N2O. The highest BCUT2D eigenvalue weighted by Crippen LogP contribution is 2.23. The molecule has 0 unspecified atom stereocenters. The molecule has 6 heteroatoms. The molecule has 1 amide bonds. The Hall–Kier alpha value is -1.72. The van der Waals surface area contributed by atoms with Crippen molar-refractivity contribution in [1.82, 2.24) is 4.90 Å². The quantitative estimate of drug-likeness (QED) is 0.861. The first-order valence-corrected chi connectivity index (χ1v) is 5.86. The number of hydrogen-bond acceptors (Lipinski definition) is 2. The topological polar surface area (TPSA) is 46.3 Å². The third kappa shape index (κ3) is 3.87. The number of nitrogens with two attached hydrogens (primary N) is 1. The summed E-state index contributed by atoms with van der Waals surface area (Å²) in [6, 6.07) is 4.25. The Labute approximate surface area is 110 Å². The number of hydrogen-bond donors (Lipinski definition) is 1. The lowest BCUT2D eigenvalue weighted by Gasteiger charge is -2.28. The first-order valence-electron chi connectivity index (χ1n) is 5.86. The second-order valence-corrected chi connectivity index (χ2v) is 4.68. The van der Waals surface area contributed by atoms with Gasteiger partial charge in [-0.3, -0.25) is 4.79 Å². The molecule has 0 aliphatic rings. The molecule has 0 bridgehead atoms. The first kappa shape index (κ1) is 15.3. The number of benzene rings is 1. The number of halogens is 3. The summed E-state index contributed by atoms with van der Waals surface area (Å²) in [5.74, 6) is -0.692. The minimum atomic E-state index is -4.43. The van der Waals surface area contributed by atoms with Crippen LogP contribution in [0.3, 0.4) is 0 Å². The average Bonchev–Trinajstić information content (AvgIpc) is 2.23. The smallest absolute Gasteiger partial charge is 0.398 e. The molecule has 0 fully saturated rings. The summed E-state index contributed by atoms with van der Waals surface area (Å²) in [4.78, 5) is 13.0. The van der Waals surface area contributed by atoms with Crippen molar-refractivity contribution in [2.24, 2.45) is 0 Å². The number of amides is 1. The normalized spacial score (nSPS) is 11.7. The Morgan fingerprint density at radius 3 is 2.37 bits per heavy atom. The lowest BCUT2D eigenvalue weighted by Crippen LogP contribution is -2.43. The fraction of sp³-hybridized carbons (Fsp3) is 0.462. The maximum absolute atomic E-state index is 12.5. The van der Waals surface area contributed by atoms with Gasteiger partial charge < -0.3 is 10.6 Å². The molecule has 2 N–H and O–H groups in total. The Morgan fingerprint density at radius 2 is 1.95 bits per heavy atom. The van der Waals surface area contributed by atoms with Gasteiger partial charge in [0.2, 0.25) is 0 Å². The summed E-state index contributed by atoms with van der Waals surface area (Å²) in [5.41, 5.74) is 6.59. The van der Waals surface area contributed by atoms with E-state index in [1.807, 2.05) is 0 Å². The van der Waals surface area contributed by atoms with E-state index in [4.69, 9.17) is 5.73 Å². The molecule has 1 aromatic carbocycles. The first-order chi connectivity index (χ1) is 8.63. The van der Waals surface area contributed by atoms with Crippen molar-refractivity contribution < 1.29 is 18.0 Å². The van der Waals surface area contributed by atoms with Crippen LogP contribution in [0.2, 0.25) is 0 Å². The van der Waals surface area contributed by atoms with Crippen LogP contribution in [-0.2, 0) is 0 Å². The van der Waals surface area contributed by atoms with Gasteiger partial charge in [0.15, 0.2) is 0 Å². The summed E-state index contributed by atoms with van der Waals surface area (Å²) in [6.45, 7) is 3.45. The molecule has 19 heavy (non-hydrogen) atoms. The molecule has 0 aliphatic heterocycles. The second kappa shape index (κ2) is 5.50. The standard InChI is InChI=1S/C13H17F3N2O/c1-8(2)18(7-13(14,15)16)12(19)11-9(3)5-4-6-10(11)17/h4-6,8H,7,17H2,1-3H3. The molecule has 1 aromatic rings. The summed E-state index contributed by atoms with van der Waals surface area (Å²) in [5, 5.41) is 0. The lowest BCUT2D eigenvalue weighted by atomic mass is 10.0. The molecule has 0 aromatic heterocycles. The van der Waals surface area contributed by atoms with Crippen LogP contribution >= 0.6 is 0 Å². The van der Waals surface area contributed by atoms with Gasteiger partial charge in [-0.15, -0.1) is 0 Å². The van der Waals surface area contributed by atoms with Crippen LogP contribution in [-0.4, -0.2) is 29.6 Å². The van der Waals surface area contributed by atoms with Crippen molar-refractivity contribution in [1.29, 1.82) is 0 Å². The van der Waals surface area contributed by atoms with Gasteiger partial charge in [-0.1, -0.05) is 12.1 Å². The number of rotatable bonds is 3. The molecule has 0 heterocycles. The van der Waals surface area contributed by atoms with E-state index in [9.17, 15) is 18.0 Å². The maximum atomic E-state index is 12.5. The predicted molar refractivity (Wildman–Crippen MR) is 67.8 cm³/mol. The van der Waals surface area contributed by atoms with Gasteiger partial charge in [0.05, 0.1) is 5.56 Å². The molecule has 0 aliphatic carbocycles. The van der Waals surface area contributed by atoms with E-state index in [0.717, 1.165) is 4.90 Å². The summed E-state index contributed by atoms with van der Waals surface area (Å²) in [7, 11) is 0. The van der Waals surface area contributed by atoms with Gasteiger partial charge in [0.25, 0.3) is 5.91 Å². The third-order valence-electron chi connectivity index (χ3n) is 2.75. The molecule has 0 spiro atoms. The zero-order valence-corrected chi connectivity index (χ0v) is 11.1. The van der Waals surface area contributed by atoms with E-state index in [1.54, 1.807) is 19.1 Å². The van der Waals surface area contributed by atoms with Gasteiger partial charge in [0.1, 0.15) is 6.54 Å². The van der Waals surface area contributed by atoms with Crippen LogP contribution in [0, 0.1) is 6.92 Å². The van der Waals surface area contributed by atoms with Crippen LogP contribution in [0.15, 0.2) is 18.2 Å². The van der Waals surface area contributed by atoms with Crippen LogP contribution < -0.4 is 5.73 Å². The monoisotopic (exact) mass is 274 g/mol. The molecule has 0 atom stereocenters. The molecular weight excluding hydrogens is 257 g/mol. The number of anilines is 1. The molecule has 0 radical (unpaired) electrons. The number of aryl methyl sites for hydroxylation is 1. The van der Waals surface area contributed by atoms with Gasteiger partial charge >= 0.3 is 6.18 Å². The fourth-order valence-electron chi connectivity index (χ4n) is 1.81. The van der Waals surface area contributed by atoms with Crippen LogP contribution in [0.25, 0.3) is 0 Å². The maximum Gasteiger partial charge on any atom is 0.406 e. The highest BCUT2D eigenvalue weighted by atomic mass is 19.4. The minimum absolute atomic E-state index is 0.139. The van der Waals surface area contributed by atoms with E-state index in [1.165, 1.54) is 19.9 Å². The van der Waals surface area contributed by atoms with Crippen molar-refractivity contribution in [2.75, 3.05) is 12.3 Å². The zero-order chi connectivity index (χ0) is 14.8. The molecule has 106 valence electrons. The predicted octanol–water partition coefficient (Wildman–Crippen LogP) is 2.99. The van der Waals surface area contributed by atoms with Crippen molar-refractivity contribution in [3.8, 4) is 0 Å². The van der Waals surface area contributed by atoms with E-state index < -0.39 is 24.7 Å².